The Hall–Kier alpha value is -2.17. The van der Waals surface area contributed by atoms with Gasteiger partial charge in [-0.3, -0.25) is 14.9 Å². The zero-order chi connectivity index (χ0) is 10.7. The van der Waals surface area contributed by atoms with Crippen LogP contribution in [0.5, 0.6) is 0 Å². The fourth-order valence-electron chi connectivity index (χ4n) is 1.28. The molecular formula is C10H10N4O. The molecule has 3 N–H and O–H groups in total. The Morgan fingerprint density at radius 1 is 1.47 bits per heavy atom. The van der Waals surface area contributed by atoms with Crippen molar-refractivity contribution in [2.45, 2.75) is 6.42 Å². The number of carbonyl (C=O) groups excluding carboxylic acids is 1. The number of Topliss-reactive ketones (excluding diaryl/α,β-unsaturated/α-hetero) is 1. The molecule has 0 aliphatic carbocycles. The third-order valence-electron chi connectivity index (χ3n) is 2.04. The predicted molar refractivity (Wildman–Crippen MR) is 55.3 cm³/mol. The lowest BCUT2D eigenvalue weighted by atomic mass is 10.1. The van der Waals surface area contributed by atoms with Crippen molar-refractivity contribution >= 4 is 11.6 Å². The number of aromatic nitrogens is 3. The van der Waals surface area contributed by atoms with E-state index in [0.29, 0.717) is 11.4 Å². The van der Waals surface area contributed by atoms with Crippen molar-refractivity contribution in [2.24, 2.45) is 0 Å². The van der Waals surface area contributed by atoms with Crippen LogP contribution in [0.1, 0.15) is 16.1 Å². The molecule has 2 aromatic rings. The van der Waals surface area contributed by atoms with E-state index in [9.17, 15) is 4.79 Å². The number of ketones is 1. The maximum absolute atomic E-state index is 11.7. The van der Waals surface area contributed by atoms with Gasteiger partial charge in [-0.1, -0.05) is 6.07 Å². The van der Waals surface area contributed by atoms with Crippen LogP contribution in [0, 0.1) is 0 Å². The van der Waals surface area contributed by atoms with Gasteiger partial charge >= 0.3 is 0 Å². The van der Waals surface area contributed by atoms with Crippen molar-refractivity contribution in [1.29, 1.82) is 0 Å². The van der Waals surface area contributed by atoms with Crippen molar-refractivity contribution in [3.8, 4) is 0 Å². The minimum absolute atomic E-state index is 0.0834. The zero-order valence-electron chi connectivity index (χ0n) is 7.97. The third-order valence-corrected chi connectivity index (χ3v) is 2.04. The van der Waals surface area contributed by atoms with Gasteiger partial charge in [0.25, 0.3) is 0 Å². The van der Waals surface area contributed by atoms with E-state index in [2.05, 4.69) is 15.2 Å². The molecule has 0 aliphatic rings. The zero-order valence-corrected chi connectivity index (χ0v) is 7.97. The summed E-state index contributed by atoms with van der Waals surface area (Å²) < 4.78 is 0. The lowest BCUT2D eigenvalue weighted by Gasteiger charge is -1.98. The highest BCUT2D eigenvalue weighted by Gasteiger charge is 2.12. The van der Waals surface area contributed by atoms with Crippen molar-refractivity contribution in [3.05, 3.63) is 41.9 Å². The highest BCUT2D eigenvalue weighted by atomic mass is 16.1. The van der Waals surface area contributed by atoms with E-state index in [1.807, 2.05) is 6.07 Å². The van der Waals surface area contributed by atoms with Crippen LogP contribution in [-0.2, 0) is 6.42 Å². The van der Waals surface area contributed by atoms with Gasteiger partial charge in [0.1, 0.15) is 5.82 Å². The van der Waals surface area contributed by atoms with Crippen LogP contribution < -0.4 is 5.73 Å². The average Bonchev–Trinajstić information content (AvgIpc) is 2.66. The summed E-state index contributed by atoms with van der Waals surface area (Å²) in [5, 5.41) is 6.22. The Kier molecular flexibility index (Phi) is 2.45. The number of carbonyl (C=O) groups is 1. The number of nitrogens with zero attached hydrogens (tertiary/aromatic N) is 2. The highest BCUT2D eigenvalue weighted by molar-refractivity contribution is 6.00. The Bertz CT molecular complexity index is 463. The molecule has 2 aromatic heterocycles. The lowest BCUT2D eigenvalue weighted by Crippen LogP contribution is -2.06. The van der Waals surface area contributed by atoms with Gasteiger partial charge in [-0.2, -0.15) is 5.10 Å². The molecule has 0 spiro atoms. The quantitative estimate of drug-likeness (QED) is 0.721. The second-order valence-electron chi connectivity index (χ2n) is 3.12. The van der Waals surface area contributed by atoms with Gasteiger partial charge in [-0.25, -0.2) is 0 Å². The number of aromatic amines is 1. The van der Waals surface area contributed by atoms with Gasteiger partial charge in [0.05, 0.1) is 18.2 Å². The predicted octanol–water partition coefficient (Wildman–Crippen LogP) is 0.812. The molecule has 0 fully saturated rings. The van der Waals surface area contributed by atoms with Crippen molar-refractivity contribution in [3.63, 3.8) is 0 Å². The molecule has 0 amide bonds. The lowest BCUT2D eigenvalue weighted by molar-refractivity contribution is 0.0993. The van der Waals surface area contributed by atoms with Gasteiger partial charge in [-0.05, 0) is 12.1 Å². The fraction of sp³-hybridized carbons (Fsp3) is 0.100. The summed E-state index contributed by atoms with van der Waals surface area (Å²) in [6.45, 7) is 0. The Morgan fingerprint density at radius 2 is 2.33 bits per heavy atom. The summed E-state index contributed by atoms with van der Waals surface area (Å²) in [4.78, 5) is 15.8. The Morgan fingerprint density at radius 3 is 2.93 bits per heavy atom. The second kappa shape index (κ2) is 3.91. The Balaban J connectivity index is 2.15. The molecular weight excluding hydrogens is 192 g/mol. The van der Waals surface area contributed by atoms with E-state index < -0.39 is 0 Å². The van der Waals surface area contributed by atoms with E-state index in [4.69, 9.17) is 5.73 Å². The largest absolute Gasteiger partial charge is 0.383 e. The second-order valence-corrected chi connectivity index (χ2v) is 3.12. The van der Waals surface area contributed by atoms with Gasteiger partial charge in [0.15, 0.2) is 5.78 Å². The summed E-state index contributed by atoms with van der Waals surface area (Å²) >= 11 is 0. The number of anilines is 1. The van der Waals surface area contributed by atoms with Gasteiger partial charge in [0.2, 0.25) is 0 Å². The van der Waals surface area contributed by atoms with E-state index >= 15 is 0 Å². The third kappa shape index (κ3) is 2.01. The summed E-state index contributed by atoms with van der Waals surface area (Å²) in [5.41, 5.74) is 6.68. The molecule has 0 saturated carbocycles. The average molecular weight is 202 g/mol. The van der Waals surface area contributed by atoms with E-state index in [1.165, 1.54) is 6.20 Å². The van der Waals surface area contributed by atoms with Gasteiger partial charge in [0, 0.05) is 11.9 Å². The van der Waals surface area contributed by atoms with Gasteiger partial charge < -0.3 is 5.73 Å². The number of H-pyrrole nitrogens is 1. The molecule has 76 valence electrons. The van der Waals surface area contributed by atoms with Crippen LogP contribution in [0.25, 0.3) is 0 Å². The molecule has 15 heavy (non-hydrogen) atoms. The molecule has 2 heterocycles. The standard InChI is InChI=1S/C10H10N4O/c11-10-8(6-13-14-10)9(15)5-7-3-1-2-4-12-7/h1-4,6H,5H2,(H3,11,13,14). The first kappa shape index (κ1) is 9.39. The maximum atomic E-state index is 11.7. The monoisotopic (exact) mass is 202 g/mol. The minimum Gasteiger partial charge on any atom is -0.383 e. The first-order chi connectivity index (χ1) is 7.27. The van der Waals surface area contributed by atoms with Crippen LogP contribution in [0.15, 0.2) is 30.6 Å². The Labute approximate surface area is 86.3 Å². The smallest absolute Gasteiger partial charge is 0.174 e. The maximum Gasteiger partial charge on any atom is 0.174 e. The summed E-state index contributed by atoms with van der Waals surface area (Å²) in [5.74, 6) is 0.218. The fourth-order valence-corrected chi connectivity index (χ4v) is 1.28. The van der Waals surface area contributed by atoms with Crippen LogP contribution >= 0.6 is 0 Å². The van der Waals surface area contributed by atoms with E-state index in [-0.39, 0.29) is 12.2 Å². The van der Waals surface area contributed by atoms with Gasteiger partial charge in [-0.15, -0.1) is 0 Å². The first-order valence-electron chi connectivity index (χ1n) is 4.49. The van der Waals surface area contributed by atoms with Crippen LogP contribution in [-0.4, -0.2) is 21.0 Å². The van der Waals surface area contributed by atoms with Crippen LogP contribution in [0.2, 0.25) is 0 Å². The van der Waals surface area contributed by atoms with Crippen molar-refractivity contribution in [2.75, 3.05) is 5.73 Å². The first-order valence-corrected chi connectivity index (χ1v) is 4.49. The van der Waals surface area contributed by atoms with E-state index in [1.54, 1.807) is 18.3 Å². The number of hydrogen-bond donors (Lipinski definition) is 2. The van der Waals surface area contributed by atoms with Crippen LogP contribution in [0.4, 0.5) is 5.82 Å². The molecule has 0 radical (unpaired) electrons. The molecule has 0 saturated heterocycles. The molecule has 5 nitrogen and oxygen atoms in total. The molecule has 0 atom stereocenters. The number of hydrogen-bond acceptors (Lipinski definition) is 4. The normalized spacial score (nSPS) is 10.1. The number of nitrogens with two attached hydrogens (primary N) is 1. The molecule has 2 rings (SSSR count). The van der Waals surface area contributed by atoms with E-state index in [0.717, 1.165) is 5.69 Å². The molecule has 0 bridgehead atoms. The topological polar surface area (TPSA) is 84.7 Å². The number of nitrogens with one attached hydrogen (secondary N) is 1. The minimum atomic E-state index is -0.0834. The highest BCUT2D eigenvalue weighted by Crippen LogP contribution is 2.09. The molecule has 0 aliphatic heterocycles. The van der Waals surface area contributed by atoms with Crippen molar-refractivity contribution in [1.82, 2.24) is 15.2 Å². The number of pyridine rings is 1. The molecule has 5 heteroatoms. The summed E-state index contributed by atoms with van der Waals surface area (Å²) in [6.07, 6.45) is 3.33. The van der Waals surface area contributed by atoms with Crippen LogP contribution in [0.3, 0.4) is 0 Å². The number of rotatable bonds is 3. The molecule has 0 unspecified atom stereocenters. The number of nitrogen functional groups attached to an aromatic ring is 1. The summed E-state index contributed by atoms with van der Waals surface area (Å²) in [7, 11) is 0. The van der Waals surface area contributed by atoms with Crippen molar-refractivity contribution < 1.29 is 4.79 Å². The summed E-state index contributed by atoms with van der Waals surface area (Å²) in [6, 6.07) is 5.45. The SMILES string of the molecule is Nc1[nH]ncc1C(=O)Cc1ccccn1. The molecule has 0 aromatic carbocycles.